The second kappa shape index (κ2) is 7.18. The molecule has 8 heteroatoms. The van der Waals surface area contributed by atoms with Crippen LogP contribution < -0.4 is 5.73 Å². The molecule has 1 aromatic heterocycles. The highest BCUT2D eigenvalue weighted by molar-refractivity contribution is 7.99. The van der Waals surface area contributed by atoms with Gasteiger partial charge in [-0.15, -0.1) is 5.10 Å². The molecular formula is C8H15N5O2S. The van der Waals surface area contributed by atoms with Gasteiger partial charge in [0, 0.05) is 18.7 Å². The first-order valence-electron chi connectivity index (χ1n) is 4.93. The fourth-order valence-corrected chi connectivity index (χ4v) is 1.89. The predicted molar refractivity (Wildman–Crippen MR) is 58.8 cm³/mol. The van der Waals surface area contributed by atoms with Crippen molar-refractivity contribution in [2.75, 3.05) is 19.4 Å². The Hall–Kier alpha value is -1.15. The normalized spacial score (nSPS) is 10.4. The number of hydrogen-bond donors (Lipinski definition) is 1. The Balaban J connectivity index is 2.26. The summed E-state index contributed by atoms with van der Waals surface area (Å²) in [6, 6.07) is 0. The second-order valence-corrected chi connectivity index (χ2v) is 4.06. The minimum Gasteiger partial charge on any atom is -0.469 e. The van der Waals surface area contributed by atoms with E-state index in [4.69, 9.17) is 5.73 Å². The van der Waals surface area contributed by atoms with Crippen molar-refractivity contribution in [3.05, 3.63) is 0 Å². The minimum absolute atomic E-state index is 0.192. The topological polar surface area (TPSA) is 95.9 Å². The van der Waals surface area contributed by atoms with Gasteiger partial charge in [0.1, 0.15) is 0 Å². The number of aromatic nitrogens is 4. The monoisotopic (exact) mass is 245 g/mol. The maximum Gasteiger partial charge on any atom is 0.305 e. The molecule has 0 aliphatic rings. The van der Waals surface area contributed by atoms with Crippen LogP contribution in [-0.2, 0) is 16.1 Å². The number of esters is 1. The van der Waals surface area contributed by atoms with Gasteiger partial charge in [-0.3, -0.25) is 4.79 Å². The van der Waals surface area contributed by atoms with Crippen molar-refractivity contribution in [2.45, 2.75) is 24.5 Å². The Morgan fingerprint density at radius 2 is 2.44 bits per heavy atom. The average molecular weight is 245 g/mol. The summed E-state index contributed by atoms with van der Waals surface area (Å²) in [6.45, 7) is 1.10. The van der Waals surface area contributed by atoms with E-state index in [1.54, 1.807) is 4.68 Å². The summed E-state index contributed by atoms with van der Waals surface area (Å²) in [4.78, 5) is 10.8. The van der Waals surface area contributed by atoms with E-state index in [0.717, 1.165) is 17.3 Å². The first kappa shape index (κ1) is 12.9. The molecular weight excluding hydrogens is 230 g/mol. The smallest absolute Gasteiger partial charge is 0.305 e. The molecule has 0 aromatic carbocycles. The van der Waals surface area contributed by atoms with Gasteiger partial charge in [-0.05, 0) is 16.8 Å². The van der Waals surface area contributed by atoms with Crippen LogP contribution in [0.15, 0.2) is 5.16 Å². The van der Waals surface area contributed by atoms with E-state index in [2.05, 4.69) is 20.3 Å². The lowest BCUT2D eigenvalue weighted by Gasteiger charge is -2.01. The second-order valence-electron chi connectivity index (χ2n) is 3.00. The highest BCUT2D eigenvalue weighted by Crippen LogP contribution is 2.15. The van der Waals surface area contributed by atoms with E-state index in [1.807, 2.05) is 0 Å². The summed E-state index contributed by atoms with van der Waals surface area (Å²) >= 11 is 1.51. The van der Waals surface area contributed by atoms with Gasteiger partial charge < -0.3 is 10.5 Å². The van der Waals surface area contributed by atoms with Crippen molar-refractivity contribution in [1.82, 2.24) is 20.2 Å². The summed E-state index contributed by atoms with van der Waals surface area (Å²) in [5.41, 5.74) is 5.41. The quantitative estimate of drug-likeness (QED) is 0.399. The third-order valence-corrected chi connectivity index (χ3v) is 2.87. The van der Waals surface area contributed by atoms with Crippen LogP contribution in [0.25, 0.3) is 0 Å². The molecule has 0 amide bonds. The Morgan fingerprint density at radius 1 is 1.62 bits per heavy atom. The summed E-state index contributed by atoms with van der Waals surface area (Å²) in [7, 11) is 1.39. The molecule has 0 unspecified atom stereocenters. The molecule has 1 aromatic rings. The van der Waals surface area contributed by atoms with Crippen molar-refractivity contribution < 1.29 is 9.53 Å². The van der Waals surface area contributed by atoms with E-state index in [0.29, 0.717) is 19.5 Å². The molecule has 0 aliphatic carbocycles. The molecule has 90 valence electrons. The molecule has 0 saturated carbocycles. The van der Waals surface area contributed by atoms with Gasteiger partial charge >= 0.3 is 5.97 Å². The fraction of sp³-hybridized carbons (Fsp3) is 0.750. The number of carbonyl (C=O) groups is 1. The average Bonchev–Trinajstić information content (AvgIpc) is 2.72. The Kier molecular flexibility index (Phi) is 5.79. The first-order chi connectivity index (χ1) is 7.77. The number of thioether (sulfide) groups is 1. The molecule has 16 heavy (non-hydrogen) atoms. The van der Waals surface area contributed by atoms with Gasteiger partial charge in [0.25, 0.3) is 0 Å². The Labute approximate surface area is 97.7 Å². The van der Waals surface area contributed by atoms with Gasteiger partial charge in [0.15, 0.2) is 0 Å². The van der Waals surface area contributed by atoms with E-state index in [-0.39, 0.29) is 5.97 Å². The van der Waals surface area contributed by atoms with Crippen LogP contribution in [-0.4, -0.2) is 45.6 Å². The van der Waals surface area contributed by atoms with Crippen molar-refractivity contribution in [3.8, 4) is 0 Å². The number of rotatable bonds is 7. The number of hydrogen-bond acceptors (Lipinski definition) is 7. The summed E-state index contributed by atoms with van der Waals surface area (Å²) in [5, 5.41) is 12.0. The number of methoxy groups -OCH3 is 1. The summed E-state index contributed by atoms with van der Waals surface area (Å²) in [6.07, 6.45) is 1.16. The number of carbonyl (C=O) groups excluding carboxylic acids is 1. The highest BCUT2D eigenvalue weighted by atomic mass is 32.2. The molecule has 1 heterocycles. The van der Waals surface area contributed by atoms with E-state index >= 15 is 0 Å². The van der Waals surface area contributed by atoms with E-state index < -0.39 is 0 Å². The number of nitrogens with zero attached hydrogens (tertiary/aromatic N) is 4. The third kappa shape index (κ3) is 4.15. The number of ether oxygens (including phenoxy) is 1. The number of tetrazole rings is 1. The van der Waals surface area contributed by atoms with Crippen molar-refractivity contribution >= 4 is 17.7 Å². The minimum atomic E-state index is -0.192. The molecule has 0 bridgehead atoms. The Morgan fingerprint density at radius 3 is 3.12 bits per heavy atom. The van der Waals surface area contributed by atoms with Crippen LogP contribution in [0.5, 0.6) is 0 Å². The number of nitrogens with two attached hydrogens (primary N) is 1. The van der Waals surface area contributed by atoms with Gasteiger partial charge in [0.05, 0.1) is 13.7 Å². The predicted octanol–water partition coefficient (Wildman–Crippen LogP) is -0.323. The fourth-order valence-electron chi connectivity index (χ4n) is 1.04. The van der Waals surface area contributed by atoms with Crippen LogP contribution in [0.4, 0.5) is 0 Å². The van der Waals surface area contributed by atoms with Gasteiger partial charge in [-0.25, -0.2) is 4.68 Å². The van der Waals surface area contributed by atoms with E-state index in [9.17, 15) is 4.79 Å². The SMILES string of the molecule is COC(=O)CCCSc1nnnn1CCN. The van der Waals surface area contributed by atoms with E-state index in [1.165, 1.54) is 18.9 Å². The lowest BCUT2D eigenvalue weighted by atomic mass is 10.3. The zero-order chi connectivity index (χ0) is 11.8. The molecule has 0 aliphatic heterocycles. The molecule has 7 nitrogen and oxygen atoms in total. The lowest BCUT2D eigenvalue weighted by Crippen LogP contribution is -2.12. The summed E-state index contributed by atoms with van der Waals surface area (Å²) in [5.74, 6) is 0.585. The van der Waals surface area contributed by atoms with Gasteiger partial charge in [-0.1, -0.05) is 11.8 Å². The van der Waals surface area contributed by atoms with Crippen molar-refractivity contribution in [2.24, 2.45) is 5.73 Å². The largest absolute Gasteiger partial charge is 0.469 e. The van der Waals surface area contributed by atoms with Crippen LogP contribution in [0.2, 0.25) is 0 Å². The van der Waals surface area contributed by atoms with Gasteiger partial charge in [0.2, 0.25) is 5.16 Å². The molecule has 0 fully saturated rings. The lowest BCUT2D eigenvalue weighted by molar-refractivity contribution is -0.140. The molecule has 1 rings (SSSR count). The zero-order valence-electron chi connectivity index (χ0n) is 9.13. The third-order valence-electron chi connectivity index (χ3n) is 1.82. The maximum absolute atomic E-state index is 10.8. The molecule has 0 atom stereocenters. The van der Waals surface area contributed by atoms with Gasteiger partial charge in [-0.2, -0.15) is 0 Å². The van der Waals surface area contributed by atoms with Crippen molar-refractivity contribution in [1.29, 1.82) is 0 Å². The highest BCUT2D eigenvalue weighted by Gasteiger charge is 2.06. The molecule has 2 N–H and O–H groups in total. The van der Waals surface area contributed by atoms with Crippen LogP contribution in [0.1, 0.15) is 12.8 Å². The maximum atomic E-state index is 10.8. The molecule has 0 saturated heterocycles. The van der Waals surface area contributed by atoms with Crippen molar-refractivity contribution in [3.63, 3.8) is 0 Å². The Bertz CT molecular complexity index is 330. The molecule has 0 spiro atoms. The van der Waals surface area contributed by atoms with Crippen LogP contribution in [0, 0.1) is 0 Å². The van der Waals surface area contributed by atoms with Crippen LogP contribution >= 0.6 is 11.8 Å². The zero-order valence-corrected chi connectivity index (χ0v) is 9.94. The van der Waals surface area contributed by atoms with Crippen LogP contribution in [0.3, 0.4) is 0 Å². The summed E-state index contributed by atoms with van der Waals surface area (Å²) < 4.78 is 6.20. The standard InChI is InChI=1S/C8H15N5O2S/c1-15-7(14)3-2-6-16-8-10-11-12-13(8)5-4-9/h2-6,9H2,1H3. The first-order valence-corrected chi connectivity index (χ1v) is 5.92. The molecule has 0 radical (unpaired) electrons.